The van der Waals surface area contributed by atoms with Gasteiger partial charge in [0.05, 0.1) is 12.5 Å². The van der Waals surface area contributed by atoms with Gasteiger partial charge in [0.1, 0.15) is 0 Å². The van der Waals surface area contributed by atoms with E-state index in [2.05, 4.69) is 20.4 Å². The number of rotatable bonds is 5. The van der Waals surface area contributed by atoms with Crippen LogP contribution in [-0.2, 0) is 4.74 Å². The molecule has 2 aromatic rings. The topological polar surface area (TPSA) is 93.4 Å². The zero-order valence-electron chi connectivity index (χ0n) is 12.2. The second-order valence-electron chi connectivity index (χ2n) is 5.02. The Bertz CT molecular complexity index is 624. The van der Waals surface area contributed by atoms with Gasteiger partial charge in [-0.15, -0.1) is 0 Å². The van der Waals surface area contributed by atoms with Crippen molar-refractivity contribution in [2.24, 2.45) is 0 Å². The first-order chi connectivity index (χ1) is 10.8. The number of methoxy groups -OCH3 is 1. The van der Waals surface area contributed by atoms with E-state index >= 15 is 0 Å². The minimum absolute atomic E-state index is 0.0890. The zero-order chi connectivity index (χ0) is 15.4. The molecule has 1 aliphatic rings. The van der Waals surface area contributed by atoms with Gasteiger partial charge in [-0.3, -0.25) is 4.98 Å². The maximum absolute atomic E-state index is 11.8. The first-order valence-electron chi connectivity index (χ1n) is 7.03. The number of hydrogen-bond donors (Lipinski definition) is 1. The van der Waals surface area contributed by atoms with Crippen molar-refractivity contribution in [1.82, 2.24) is 25.3 Å². The summed E-state index contributed by atoms with van der Waals surface area (Å²) in [6.07, 6.45) is 3.38. The van der Waals surface area contributed by atoms with Crippen LogP contribution in [0.1, 0.15) is 11.8 Å². The van der Waals surface area contributed by atoms with Crippen LogP contribution in [0.3, 0.4) is 0 Å². The number of likely N-dealkylation sites (tertiary alicyclic amines) is 1. The summed E-state index contributed by atoms with van der Waals surface area (Å²) < 4.78 is 10.2. The number of pyridine rings is 1. The lowest BCUT2D eigenvalue weighted by molar-refractivity contribution is 0.132. The van der Waals surface area contributed by atoms with E-state index in [0.717, 1.165) is 5.56 Å². The summed E-state index contributed by atoms with van der Waals surface area (Å²) in [5.41, 5.74) is 0.811. The molecule has 0 bridgehead atoms. The van der Waals surface area contributed by atoms with Crippen LogP contribution in [0.5, 0.6) is 0 Å². The number of ether oxygens (including phenoxy) is 1. The van der Waals surface area contributed by atoms with Crippen LogP contribution in [0.4, 0.5) is 4.79 Å². The van der Waals surface area contributed by atoms with Crippen molar-refractivity contribution in [3.63, 3.8) is 0 Å². The Labute approximate surface area is 127 Å². The molecule has 8 heteroatoms. The van der Waals surface area contributed by atoms with Crippen LogP contribution in [0, 0.1) is 0 Å². The van der Waals surface area contributed by atoms with Gasteiger partial charge in [0.2, 0.25) is 11.7 Å². The zero-order valence-corrected chi connectivity index (χ0v) is 12.2. The Morgan fingerprint density at radius 2 is 2.41 bits per heavy atom. The molecular weight excluding hydrogens is 286 g/mol. The number of nitrogens with zero attached hydrogens (tertiary/aromatic N) is 4. The largest absolute Gasteiger partial charge is 0.383 e. The summed E-state index contributed by atoms with van der Waals surface area (Å²) >= 11 is 0. The predicted octanol–water partition coefficient (Wildman–Crippen LogP) is 0.887. The fraction of sp³-hybridized carbons (Fsp3) is 0.429. The second kappa shape index (κ2) is 6.52. The van der Waals surface area contributed by atoms with Crippen molar-refractivity contribution < 1.29 is 14.1 Å². The lowest BCUT2D eigenvalue weighted by Crippen LogP contribution is -2.53. The summed E-state index contributed by atoms with van der Waals surface area (Å²) in [4.78, 5) is 21.9. The summed E-state index contributed by atoms with van der Waals surface area (Å²) in [5.74, 6) is 1.16. The third-order valence-electron chi connectivity index (χ3n) is 3.46. The molecule has 8 nitrogen and oxygen atoms in total. The molecule has 0 atom stereocenters. The lowest BCUT2D eigenvalue weighted by Gasteiger charge is -2.36. The van der Waals surface area contributed by atoms with E-state index in [4.69, 9.17) is 9.26 Å². The van der Waals surface area contributed by atoms with E-state index in [1.165, 1.54) is 0 Å². The Balaban J connectivity index is 1.53. The predicted molar refractivity (Wildman–Crippen MR) is 77.1 cm³/mol. The van der Waals surface area contributed by atoms with Crippen molar-refractivity contribution in [3.05, 3.63) is 30.4 Å². The van der Waals surface area contributed by atoms with E-state index in [1.807, 2.05) is 12.1 Å². The molecule has 3 rings (SSSR count). The molecule has 0 unspecified atom stereocenters. The molecule has 1 aliphatic heterocycles. The van der Waals surface area contributed by atoms with Crippen molar-refractivity contribution in [2.45, 2.75) is 5.92 Å². The quantitative estimate of drug-likeness (QED) is 0.824. The normalized spacial score (nSPS) is 14.7. The van der Waals surface area contributed by atoms with E-state index in [0.29, 0.717) is 38.0 Å². The molecule has 1 N–H and O–H groups in total. The van der Waals surface area contributed by atoms with Crippen LogP contribution in [0.15, 0.2) is 29.0 Å². The molecule has 1 fully saturated rings. The second-order valence-corrected chi connectivity index (χ2v) is 5.02. The molecule has 22 heavy (non-hydrogen) atoms. The molecule has 3 heterocycles. The first kappa shape index (κ1) is 14.5. The highest BCUT2D eigenvalue weighted by Gasteiger charge is 2.35. The number of aromatic nitrogens is 3. The molecule has 0 radical (unpaired) electrons. The van der Waals surface area contributed by atoms with E-state index in [-0.39, 0.29) is 11.9 Å². The maximum atomic E-state index is 11.8. The number of carbonyl (C=O) groups is 1. The van der Waals surface area contributed by atoms with E-state index in [9.17, 15) is 4.79 Å². The average molecular weight is 303 g/mol. The molecule has 0 aliphatic carbocycles. The molecular formula is C14H17N5O3. The van der Waals surface area contributed by atoms with Crippen LogP contribution in [0.2, 0.25) is 0 Å². The average Bonchev–Trinajstić information content (AvgIpc) is 2.96. The van der Waals surface area contributed by atoms with Crippen LogP contribution < -0.4 is 5.32 Å². The van der Waals surface area contributed by atoms with Gasteiger partial charge < -0.3 is 19.5 Å². The number of nitrogens with one attached hydrogen (secondary N) is 1. The minimum Gasteiger partial charge on any atom is -0.383 e. The van der Waals surface area contributed by atoms with Crippen LogP contribution >= 0.6 is 0 Å². The van der Waals surface area contributed by atoms with Gasteiger partial charge >= 0.3 is 6.03 Å². The molecule has 0 saturated carbocycles. The Morgan fingerprint density at radius 3 is 3.14 bits per heavy atom. The maximum Gasteiger partial charge on any atom is 0.317 e. The highest BCUT2D eigenvalue weighted by Crippen LogP contribution is 2.27. The third kappa shape index (κ3) is 3.06. The Hall–Kier alpha value is -2.48. The van der Waals surface area contributed by atoms with Gasteiger partial charge in [-0.05, 0) is 12.1 Å². The summed E-state index contributed by atoms with van der Waals surface area (Å²) in [6, 6.07) is 3.60. The van der Waals surface area contributed by atoms with E-state index < -0.39 is 0 Å². The van der Waals surface area contributed by atoms with Gasteiger partial charge in [0.25, 0.3) is 0 Å². The molecule has 116 valence electrons. The Kier molecular flexibility index (Phi) is 4.29. The number of amides is 2. The highest BCUT2D eigenvalue weighted by atomic mass is 16.5. The SMILES string of the molecule is COCCNC(=O)N1CC(c2nc(-c3cccnc3)no2)C1. The molecule has 1 saturated heterocycles. The van der Waals surface area contributed by atoms with Crippen LogP contribution in [0.25, 0.3) is 11.4 Å². The lowest BCUT2D eigenvalue weighted by atomic mass is 10.0. The summed E-state index contributed by atoms with van der Waals surface area (Å²) in [5, 5.41) is 6.73. The smallest absolute Gasteiger partial charge is 0.317 e. The highest BCUT2D eigenvalue weighted by molar-refractivity contribution is 5.75. The first-order valence-corrected chi connectivity index (χ1v) is 7.03. The minimum atomic E-state index is -0.0969. The Morgan fingerprint density at radius 1 is 1.55 bits per heavy atom. The molecule has 2 aromatic heterocycles. The number of urea groups is 1. The van der Waals surface area contributed by atoms with Crippen molar-refractivity contribution in [1.29, 1.82) is 0 Å². The third-order valence-corrected chi connectivity index (χ3v) is 3.46. The standard InChI is InChI=1S/C14H17N5O3/c1-21-6-5-16-14(20)19-8-11(9-19)13-17-12(18-22-13)10-3-2-4-15-7-10/h2-4,7,11H,5-6,8-9H2,1H3,(H,16,20). The fourth-order valence-electron chi connectivity index (χ4n) is 2.19. The monoisotopic (exact) mass is 303 g/mol. The van der Waals surface area contributed by atoms with Crippen LogP contribution in [-0.4, -0.2) is 59.4 Å². The van der Waals surface area contributed by atoms with Crippen molar-refractivity contribution in [3.8, 4) is 11.4 Å². The molecule has 0 spiro atoms. The van der Waals surface area contributed by atoms with Gasteiger partial charge in [-0.1, -0.05) is 5.16 Å². The summed E-state index contributed by atoms with van der Waals surface area (Å²) in [6.45, 7) is 2.16. The summed E-state index contributed by atoms with van der Waals surface area (Å²) in [7, 11) is 1.60. The number of carbonyl (C=O) groups excluding carboxylic acids is 1. The number of hydrogen-bond acceptors (Lipinski definition) is 6. The van der Waals surface area contributed by atoms with Gasteiger partial charge in [-0.2, -0.15) is 4.98 Å². The fourth-order valence-corrected chi connectivity index (χ4v) is 2.19. The van der Waals surface area contributed by atoms with Crippen molar-refractivity contribution >= 4 is 6.03 Å². The van der Waals surface area contributed by atoms with Gasteiger partial charge in [0, 0.05) is 44.7 Å². The van der Waals surface area contributed by atoms with Gasteiger partial charge in [-0.25, -0.2) is 4.79 Å². The van der Waals surface area contributed by atoms with E-state index in [1.54, 1.807) is 24.4 Å². The van der Waals surface area contributed by atoms with Gasteiger partial charge in [0.15, 0.2) is 0 Å². The molecule has 2 amide bonds. The van der Waals surface area contributed by atoms with Crippen molar-refractivity contribution in [2.75, 3.05) is 33.4 Å². The molecule has 0 aromatic carbocycles.